The minimum Gasteiger partial charge on any atom is -0.0683 e. The first-order valence-electron chi connectivity index (χ1n) is 7.82. The van der Waals surface area contributed by atoms with E-state index in [2.05, 4.69) is 63.2 Å². The summed E-state index contributed by atoms with van der Waals surface area (Å²) >= 11 is 0. The van der Waals surface area contributed by atoms with E-state index in [1.807, 2.05) is 27.7 Å². The summed E-state index contributed by atoms with van der Waals surface area (Å²) in [4.78, 5) is 0. The van der Waals surface area contributed by atoms with Crippen molar-refractivity contribution >= 4 is 0 Å². The molecule has 3 rings (SSSR count). The Morgan fingerprint density at radius 2 is 1.25 bits per heavy atom. The normalized spacial score (nSPS) is 13.2. The first-order valence-corrected chi connectivity index (χ1v) is 7.82. The summed E-state index contributed by atoms with van der Waals surface area (Å²) in [6.45, 7) is 14.8. The summed E-state index contributed by atoms with van der Waals surface area (Å²) in [6.07, 6.45) is 0. The van der Waals surface area contributed by atoms with Gasteiger partial charge in [-0.1, -0.05) is 89.6 Å². The Bertz CT molecular complexity index is 562. The van der Waals surface area contributed by atoms with E-state index in [1.54, 1.807) is 0 Å². The van der Waals surface area contributed by atoms with Crippen LogP contribution in [0, 0.1) is 6.92 Å². The monoisotopic (exact) mass is 268 g/mol. The van der Waals surface area contributed by atoms with Gasteiger partial charge >= 0.3 is 0 Å². The molecule has 0 heterocycles. The molecule has 0 aromatic heterocycles. The molecule has 0 unspecified atom stereocenters. The molecule has 1 aliphatic rings. The summed E-state index contributed by atoms with van der Waals surface area (Å²) in [5.74, 6) is 0. The molecule has 2 aromatic rings. The molecule has 0 spiro atoms. The van der Waals surface area contributed by atoms with E-state index in [0.29, 0.717) is 0 Å². The van der Waals surface area contributed by atoms with Crippen molar-refractivity contribution in [1.29, 1.82) is 0 Å². The molecule has 0 atom stereocenters. The fourth-order valence-electron chi connectivity index (χ4n) is 2.83. The second-order valence-corrected chi connectivity index (χ2v) is 5.22. The van der Waals surface area contributed by atoms with E-state index in [-0.39, 0.29) is 5.41 Å². The Kier molecular flexibility index (Phi) is 5.56. The minimum absolute atomic E-state index is 0.152. The van der Waals surface area contributed by atoms with Gasteiger partial charge in [-0.25, -0.2) is 0 Å². The van der Waals surface area contributed by atoms with Crippen molar-refractivity contribution < 1.29 is 0 Å². The average molecular weight is 268 g/mol. The van der Waals surface area contributed by atoms with Crippen LogP contribution in [0.5, 0.6) is 0 Å². The zero-order valence-corrected chi connectivity index (χ0v) is 14.0. The first-order chi connectivity index (χ1) is 9.60. The Morgan fingerprint density at radius 3 is 1.90 bits per heavy atom. The summed E-state index contributed by atoms with van der Waals surface area (Å²) in [6, 6.07) is 15.6. The number of aryl methyl sites for hydroxylation is 1. The molecule has 0 nitrogen and oxygen atoms in total. The maximum atomic E-state index is 2.31. The SMILES string of the molecule is CC.CC.Cc1ccc2c(c1)-c1ccccc1C2(C)C. The smallest absolute Gasteiger partial charge is 0.0158 e. The van der Waals surface area contributed by atoms with Gasteiger partial charge in [-0.15, -0.1) is 0 Å². The zero-order valence-electron chi connectivity index (χ0n) is 14.0. The van der Waals surface area contributed by atoms with Crippen LogP contribution in [0.1, 0.15) is 58.2 Å². The predicted molar refractivity (Wildman–Crippen MR) is 91.4 cm³/mol. The number of hydrogen-bond acceptors (Lipinski definition) is 0. The summed E-state index contributed by atoms with van der Waals surface area (Å²) in [5.41, 5.74) is 7.23. The summed E-state index contributed by atoms with van der Waals surface area (Å²) in [5, 5.41) is 0. The molecule has 2 aromatic carbocycles. The van der Waals surface area contributed by atoms with Crippen LogP contribution >= 0.6 is 0 Å². The Balaban J connectivity index is 0.000000461. The molecule has 0 radical (unpaired) electrons. The van der Waals surface area contributed by atoms with Crippen LogP contribution in [0.2, 0.25) is 0 Å². The first kappa shape index (κ1) is 16.5. The van der Waals surface area contributed by atoms with Gasteiger partial charge in [0.25, 0.3) is 0 Å². The number of fused-ring (bicyclic) bond motifs is 3. The van der Waals surface area contributed by atoms with Crippen molar-refractivity contribution in [2.24, 2.45) is 0 Å². The van der Waals surface area contributed by atoms with Crippen LogP contribution in [-0.2, 0) is 5.41 Å². The third kappa shape index (κ3) is 2.65. The highest BCUT2D eigenvalue weighted by Crippen LogP contribution is 2.48. The van der Waals surface area contributed by atoms with Crippen LogP contribution < -0.4 is 0 Å². The van der Waals surface area contributed by atoms with E-state index in [9.17, 15) is 0 Å². The molecule has 0 aliphatic heterocycles. The van der Waals surface area contributed by atoms with Gasteiger partial charge in [-0.2, -0.15) is 0 Å². The molecule has 108 valence electrons. The van der Waals surface area contributed by atoms with E-state index in [0.717, 1.165) is 0 Å². The van der Waals surface area contributed by atoms with Gasteiger partial charge in [0.1, 0.15) is 0 Å². The molecule has 1 aliphatic carbocycles. The lowest BCUT2D eigenvalue weighted by molar-refractivity contribution is 0.660. The largest absolute Gasteiger partial charge is 0.0683 e. The maximum absolute atomic E-state index is 2.31. The number of rotatable bonds is 0. The van der Waals surface area contributed by atoms with Gasteiger partial charge in [-0.3, -0.25) is 0 Å². The van der Waals surface area contributed by atoms with Gasteiger partial charge in [0.15, 0.2) is 0 Å². The highest BCUT2D eigenvalue weighted by atomic mass is 14.4. The lowest BCUT2D eigenvalue weighted by Gasteiger charge is -2.21. The third-order valence-corrected chi connectivity index (χ3v) is 3.74. The fraction of sp³-hybridized carbons (Fsp3) is 0.400. The Labute approximate surface area is 124 Å². The lowest BCUT2D eigenvalue weighted by atomic mass is 9.82. The van der Waals surface area contributed by atoms with Crippen molar-refractivity contribution in [1.82, 2.24) is 0 Å². The van der Waals surface area contributed by atoms with Crippen LogP contribution in [0.15, 0.2) is 42.5 Å². The standard InChI is InChI=1S/C16H16.2C2H6/c1-11-8-9-15-13(10-11)12-6-4-5-7-14(12)16(15,2)3;2*1-2/h4-10H,1-3H3;2*1-2H3. The second kappa shape index (κ2) is 6.74. The molecule has 0 saturated heterocycles. The average Bonchev–Trinajstić information content (AvgIpc) is 2.72. The van der Waals surface area contributed by atoms with E-state index < -0.39 is 0 Å². The summed E-state index contributed by atoms with van der Waals surface area (Å²) in [7, 11) is 0. The quantitative estimate of drug-likeness (QED) is 0.522. The van der Waals surface area contributed by atoms with Gasteiger partial charge in [0.05, 0.1) is 0 Å². The molecule has 0 bridgehead atoms. The van der Waals surface area contributed by atoms with E-state index in [4.69, 9.17) is 0 Å². The number of benzene rings is 2. The van der Waals surface area contributed by atoms with Crippen molar-refractivity contribution in [3.8, 4) is 11.1 Å². The highest BCUT2D eigenvalue weighted by molar-refractivity contribution is 5.80. The van der Waals surface area contributed by atoms with Crippen LogP contribution in [0.3, 0.4) is 0 Å². The van der Waals surface area contributed by atoms with Crippen molar-refractivity contribution in [2.75, 3.05) is 0 Å². The van der Waals surface area contributed by atoms with Gasteiger partial charge < -0.3 is 0 Å². The van der Waals surface area contributed by atoms with Gasteiger partial charge in [-0.05, 0) is 29.2 Å². The van der Waals surface area contributed by atoms with Crippen molar-refractivity contribution in [3.05, 3.63) is 59.2 Å². The fourth-order valence-corrected chi connectivity index (χ4v) is 2.83. The van der Waals surface area contributed by atoms with E-state index in [1.165, 1.54) is 27.8 Å². The Morgan fingerprint density at radius 1 is 0.700 bits per heavy atom. The molecule has 0 heteroatoms. The van der Waals surface area contributed by atoms with Crippen LogP contribution in [-0.4, -0.2) is 0 Å². The molecule has 0 amide bonds. The third-order valence-electron chi connectivity index (χ3n) is 3.74. The lowest BCUT2D eigenvalue weighted by Crippen LogP contribution is -2.14. The molecule has 0 saturated carbocycles. The second-order valence-electron chi connectivity index (χ2n) is 5.22. The molecule has 20 heavy (non-hydrogen) atoms. The molecule has 0 N–H and O–H groups in total. The topological polar surface area (TPSA) is 0 Å². The van der Waals surface area contributed by atoms with Crippen LogP contribution in [0.4, 0.5) is 0 Å². The number of hydrogen-bond donors (Lipinski definition) is 0. The van der Waals surface area contributed by atoms with Crippen molar-refractivity contribution in [2.45, 2.75) is 53.9 Å². The molecular formula is C20H28. The predicted octanol–water partition coefficient (Wildman–Crippen LogP) is 6.35. The highest BCUT2D eigenvalue weighted by Gasteiger charge is 2.34. The van der Waals surface area contributed by atoms with Crippen LogP contribution in [0.25, 0.3) is 11.1 Å². The molecule has 0 fully saturated rings. The van der Waals surface area contributed by atoms with Gasteiger partial charge in [0, 0.05) is 5.41 Å². The minimum atomic E-state index is 0.152. The zero-order chi connectivity index (χ0) is 15.3. The van der Waals surface area contributed by atoms with Crippen molar-refractivity contribution in [3.63, 3.8) is 0 Å². The summed E-state index contributed by atoms with van der Waals surface area (Å²) < 4.78 is 0. The van der Waals surface area contributed by atoms with Gasteiger partial charge in [0.2, 0.25) is 0 Å². The Hall–Kier alpha value is -1.56. The molecular weight excluding hydrogens is 240 g/mol. The van der Waals surface area contributed by atoms with E-state index >= 15 is 0 Å². The maximum Gasteiger partial charge on any atom is 0.0158 e.